The number of hydrogen-bond acceptors (Lipinski definition) is 3. The molecule has 1 aromatic heterocycles. The van der Waals surface area contributed by atoms with E-state index in [4.69, 9.17) is 4.74 Å². The van der Waals surface area contributed by atoms with Gasteiger partial charge in [0.15, 0.2) is 5.96 Å². The Kier molecular flexibility index (Phi) is 7.83. The average molecular weight is 409 g/mol. The molecule has 0 aromatic carbocycles. The van der Waals surface area contributed by atoms with Gasteiger partial charge in [0.2, 0.25) is 0 Å². The number of nitrogens with one attached hydrogen (secondary N) is 1. The summed E-state index contributed by atoms with van der Waals surface area (Å²) < 4.78 is 5.23. The lowest BCUT2D eigenvalue weighted by Gasteiger charge is -2.21. The van der Waals surface area contributed by atoms with Crippen LogP contribution in [0.2, 0.25) is 0 Å². The van der Waals surface area contributed by atoms with Crippen molar-refractivity contribution in [2.45, 2.75) is 19.9 Å². The van der Waals surface area contributed by atoms with Gasteiger partial charge in [-0.3, -0.25) is 4.99 Å². The number of methoxy groups -OCH3 is 1. The van der Waals surface area contributed by atoms with Crippen molar-refractivity contribution in [3.8, 4) is 0 Å². The van der Waals surface area contributed by atoms with E-state index < -0.39 is 0 Å². The third kappa shape index (κ3) is 4.89. The number of nitrogens with zero attached hydrogens (tertiary/aromatic N) is 2. The second-order valence-electron chi connectivity index (χ2n) is 4.97. The molecule has 1 fully saturated rings. The van der Waals surface area contributed by atoms with Crippen molar-refractivity contribution >= 4 is 41.3 Å². The molecule has 0 amide bonds. The highest BCUT2D eigenvalue weighted by Gasteiger charge is 2.24. The Hall–Kier alpha value is -0.340. The van der Waals surface area contributed by atoms with Crippen LogP contribution in [0.25, 0.3) is 0 Å². The molecule has 0 spiro atoms. The minimum absolute atomic E-state index is 0. The molecule has 114 valence electrons. The van der Waals surface area contributed by atoms with Crippen LogP contribution in [0.3, 0.4) is 0 Å². The first-order chi connectivity index (χ1) is 9.22. The van der Waals surface area contributed by atoms with Crippen molar-refractivity contribution in [1.29, 1.82) is 0 Å². The van der Waals surface area contributed by atoms with Crippen molar-refractivity contribution in [2.24, 2.45) is 10.9 Å². The number of aliphatic imine (C=N–C) groups is 1. The highest BCUT2D eigenvalue weighted by atomic mass is 127. The van der Waals surface area contributed by atoms with E-state index in [1.165, 1.54) is 16.2 Å². The number of halogens is 1. The second kappa shape index (κ2) is 8.84. The summed E-state index contributed by atoms with van der Waals surface area (Å²) in [6.07, 6.45) is 1.19. The van der Waals surface area contributed by atoms with Crippen LogP contribution in [0, 0.1) is 12.8 Å². The predicted molar refractivity (Wildman–Crippen MR) is 96.2 cm³/mol. The van der Waals surface area contributed by atoms with Crippen molar-refractivity contribution in [2.75, 3.05) is 33.9 Å². The number of guanidine groups is 1. The normalized spacial score (nSPS) is 19.1. The van der Waals surface area contributed by atoms with Crippen molar-refractivity contribution in [3.63, 3.8) is 0 Å². The van der Waals surface area contributed by atoms with Gasteiger partial charge < -0.3 is 15.0 Å². The Balaban J connectivity index is 0.00000200. The number of ether oxygens (including phenoxy) is 1. The Labute approximate surface area is 142 Å². The largest absolute Gasteiger partial charge is 0.384 e. The Morgan fingerprint density at radius 3 is 2.95 bits per heavy atom. The van der Waals surface area contributed by atoms with Crippen LogP contribution >= 0.6 is 35.3 Å². The fraction of sp³-hybridized carbons (Fsp3) is 0.643. The quantitative estimate of drug-likeness (QED) is 0.472. The summed E-state index contributed by atoms with van der Waals surface area (Å²) >= 11 is 1.84. The minimum Gasteiger partial charge on any atom is -0.384 e. The molecule has 2 heterocycles. The number of hydrogen-bond donors (Lipinski definition) is 1. The van der Waals surface area contributed by atoms with Crippen LogP contribution in [0.15, 0.2) is 17.1 Å². The van der Waals surface area contributed by atoms with E-state index in [1.54, 1.807) is 7.11 Å². The first-order valence-corrected chi connectivity index (χ1v) is 7.54. The van der Waals surface area contributed by atoms with Crippen LogP contribution in [0.5, 0.6) is 0 Å². The lowest BCUT2D eigenvalue weighted by atomic mass is 10.1. The van der Waals surface area contributed by atoms with Crippen molar-refractivity contribution in [3.05, 3.63) is 21.9 Å². The Bertz CT molecular complexity index is 436. The summed E-state index contributed by atoms with van der Waals surface area (Å²) in [6, 6.07) is 4.34. The van der Waals surface area contributed by atoms with Gasteiger partial charge in [0.25, 0.3) is 0 Å². The molecule has 1 aliphatic heterocycles. The predicted octanol–water partition coefficient (Wildman–Crippen LogP) is 2.72. The van der Waals surface area contributed by atoms with E-state index in [1.807, 2.05) is 18.4 Å². The van der Waals surface area contributed by atoms with Gasteiger partial charge >= 0.3 is 0 Å². The highest BCUT2D eigenvalue weighted by molar-refractivity contribution is 14.0. The van der Waals surface area contributed by atoms with E-state index in [-0.39, 0.29) is 24.0 Å². The summed E-state index contributed by atoms with van der Waals surface area (Å²) in [6.45, 7) is 5.95. The Morgan fingerprint density at radius 1 is 1.55 bits per heavy atom. The molecule has 1 unspecified atom stereocenters. The lowest BCUT2D eigenvalue weighted by Crippen LogP contribution is -2.39. The van der Waals surface area contributed by atoms with Crippen LogP contribution < -0.4 is 5.32 Å². The van der Waals surface area contributed by atoms with Gasteiger partial charge in [0, 0.05) is 42.9 Å². The van der Waals surface area contributed by atoms with Gasteiger partial charge in [-0.2, -0.15) is 0 Å². The molecule has 2 rings (SSSR count). The zero-order chi connectivity index (χ0) is 13.7. The Morgan fingerprint density at radius 2 is 2.35 bits per heavy atom. The molecule has 1 N–H and O–H groups in total. The molecule has 0 aliphatic carbocycles. The summed E-state index contributed by atoms with van der Waals surface area (Å²) in [5, 5.41) is 3.45. The molecule has 4 nitrogen and oxygen atoms in total. The van der Waals surface area contributed by atoms with Gasteiger partial charge in [-0.15, -0.1) is 35.3 Å². The van der Waals surface area contributed by atoms with Crippen LogP contribution in [0.1, 0.15) is 16.2 Å². The number of thiophene rings is 1. The third-order valence-electron chi connectivity index (χ3n) is 3.42. The summed E-state index contributed by atoms with van der Waals surface area (Å²) in [7, 11) is 3.63. The number of likely N-dealkylation sites (tertiary alicyclic amines) is 1. The number of aryl methyl sites for hydroxylation is 1. The molecule has 1 saturated heterocycles. The molecular formula is C14H24IN3OS. The van der Waals surface area contributed by atoms with E-state index in [9.17, 15) is 0 Å². The van der Waals surface area contributed by atoms with Crippen LogP contribution in [-0.4, -0.2) is 44.7 Å². The number of rotatable bonds is 4. The topological polar surface area (TPSA) is 36.9 Å². The van der Waals surface area contributed by atoms with E-state index in [0.717, 1.165) is 32.2 Å². The van der Waals surface area contributed by atoms with Gasteiger partial charge in [-0.05, 0) is 25.5 Å². The maximum atomic E-state index is 5.23. The second-order valence-corrected chi connectivity index (χ2v) is 6.34. The monoisotopic (exact) mass is 409 g/mol. The molecule has 1 atom stereocenters. The fourth-order valence-corrected chi connectivity index (χ4v) is 3.31. The molecule has 0 radical (unpaired) electrons. The van der Waals surface area contributed by atoms with Crippen LogP contribution in [0.4, 0.5) is 0 Å². The standard InChI is InChI=1S/C14H23N3OS.HI/c1-11-4-5-13(19-11)8-16-14(15-2)17-7-6-12(9-17)10-18-3;/h4-5,12H,6-10H2,1-3H3,(H,15,16);1H. The maximum absolute atomic E-state index is 5.23. The fourth-order valence-electron chi connectivity index (χ4n) is 2.48. The average Bonchev–Trinajstić information content (AvgIpc) is 3.01. The van der Waals surface area contributed by atoms with Gasteiger partial charge in [0.05, 0.1) is 13.2 Å². The molecule has 1 aromatic rings. The maximum Gasteiger partial charge on any atom is 0.193 e. The van der Waals surface area contributed by atoms with Gasteiger partial charge in [-0.1, -0.05) is 0 Å². The first kappa shape index (κ1) is 17.7. The zero-order valence-electron chi connectivity index (χ0n) is 12.4. The zero-order valence-corrected chi connectivity index (χ0v) is 15.5. The third-order valence-corrected chi connectivity index (χ3v) is 4.42. The van der Waals surface area contributed by atoms with Crippen LogP contribution in [-0.2, 0) is 11.3 Å². The van der Waals surface area contributed by atoms with E-state index in [2.05, 4.69) is 34.3 Å². The van der Waals surface area contributed by atoms with E-state index >= 15 is 0 Å². The summed E-state index contributed by atoms with van der Waals surface area (Å²) in [4.78, 5) is 9.41. The molecule has 20 heavy (non-hydrogen) atoms. The SMILES string of the molecule is CN=C(NCc1ccc(C)s1)N1CCC(COC)C1.I. The molecular weight excluding hydrogens is 385 g/mol. The molecule has 1 aliphatic rings. The first-order valence-electron chi connectivity index (χ1n) is 6.72. The smallest absolute Gasteiger partial charge is 0.193 e. The van der Waals surface area contributed by atoms with Gasteiger partial charge in [-0.25, -0.2) is 0 Å². The highest BCUT2D eigenvalue weighted by Crippen LogP contribution is 2.17. The molecule has 6 heteroatoms. The molecule has 0 bridgehead atoms. The summed E-state index contributed by atoms with van der Waals surface area (Å²) in [5.74, 6) is 1.64. The van der Waals surface area contributed by atoms with Crippen molar-refractivity contribution in [1.82, 2.24) is 10.2 Å². The van der Waals surface area contributed by atoms with E-state index in [0.29, 0.717) is 5.92 Å². The lowest BCUT2D eigenvalue weighted by molar-refractivity contribution is 0.157. The van der Waals surface area contributed by atoms with Crippen molar-refractivity contribution < 1.29 is 4.74 Å². The molecule has 0 saturated carbocycles. The van der Waals surface area contributed by atoms with Gasteiger partial charge in [0.1, 0.15) is 0 Å². The summed E-state index contributed by atoms with van der Waals surface area (Å²) in [5.41, 5.74) is 0. The minimum atomic E-state index is 0.